The third kappa shape index (κ3) is 7.85. The van der Waals surface area contributed by atoms with Crippen molar-refractivity contribution in [2.45, 2.75) is 51.5 Å². The lowest BCUT2D eigenvalue weighted by Crippen LogP contribution is -2.55. The van der Waals surface area contributed by atoms with E-state index in [0.29, 0.717) is 0 Å². The van der Waals surface area contributed by atoms with Gasteiger partial charge in [-0.3, -0.25) is 0 Å². The van der Waals surface area contributed by atoms with Crippen molar-refractivity contribution in [3.05, 3.63) is 46.5 Å². The Morgan fingerprint density at radius 1 is 1.23 bits per heavy atom. The Bertz CT molecular complexity index is 770. The minimum Gasteiger partial charge on any atom is -0.457 e. The summed E-state index contributed by atoms with van der Waals surface area (Å²) >= 11 is 12.1. The van der Waals surface area contributed by atoms with E-state index in [-0.39, 0.29) is 22.2 Å². The summed E-state index contributed by atoms with van der Waals surface area (Å²) in [6, 6.07) is 2.98. The first-order valence-corrected chi connectivity index (χ1v) is 9.73. The number of rotatable bonds is 8. The number of alkyl carbamates (subject to hydrolysis) is 1. The highest BCUT2D eigenvalue weighted by Gasteiger charge is 2.40. The number of aliphatic hydroxyl groups excluding tert-OH is 1. The van der Waals surface area contributed by atoms with Gasteiger partial charge in [-0.2, -0.15) is 0 Å². The number of esters is 2. The maximum atomic E-state index is 12.8. The van der Waals surface area contributed by atoms with Gasteiger partial charge in [0.05, 0.1) is 21.7 Å². The van der Waals surface area contributed by atoms with Crippen molar-refractivity contribution >= 4 is 41.2 Å². The van der Waals surface area contributed by atoms with Crippen LogP contribution in [-0.2, 0) is 19.0 Å². The Labute approximate surface area is 185 Å². The van der Waals surface area contributed by atoms with Gasteiger partial charge in [0, 0.05) is 0 Å². The largest absolute Gasteiger partial charge is 0.457 e. The fourth-order valence-electron chi connectivity index (χ4n) is 2.26. The summed E-state index contributed by atoms with van der Waals surface area (Å²) in [6.45, 7) is 9.44. The number of nitrogens with one attached hydrogen (secondary N) is 1. The van der Waals surface area contributed by atoms with Crippen molar-refractivity contribution in [2.75, 3.05) is 6.61 Å². The van der Waals surface area contributed by atoms with Crippen molar-refractivity contribution in [1.82, 2.24) is 5.32 Å². The molecule has 0 radical (unpaired) electrons. The molecule has 1 unspecified atom stereocenters. The van der Waals surface area contributed by atoms with Gasteiger partial charge in [-0.15, -0.1) is 0 Å². The second kappa shape index (κ2) is 11.2. The molecule has 1 aromatic rings. The maximum Gasteiger partial charge on any atom is 0.407 e. The number of benzene rings is 1. The SMILES string of the molecule is C=CCOC(=O)N[C@@H](C(C)O)[C@H](OC(=O)c1c(Cl)cccc1Cl)C(=O)OC(C)(C)C. The van der Waals surface area contributed by atoms with E-state index in [2.05, 4.69) is 11.9 Å². The van der Waals surface area contributed by atoms with Crippen molar-refractivity contribution in [1.29, 1.82) is 0 Å². The zero-order valence-electron chi connectivity index (χ0n) is 17.1. The van der Waals surface area contributed by atoms with E-state index in [1.165, 1.54) is 31.2 Å². The first-order chi connectivity index (χ1) is 13.9. The van der Waals surface area contributed by atoms with Gasteiger partial charge < -0.3 is 24.6 Å². The molecule has 0 aromatic heterocycles. The van der Waals surface area contributed by atoms with Crippen LogP contribution in [0, 0.1) is 0 Å². The monoisotopic (exact) mass is 461 g/mol. The quantitative estimate of drug-likeness (QED) is 0.346. The van der Waals surface area contributed by atoms with E-state index in [0.717, 1.165) is 0 Å². The summed E-state index contributed by atoms with van der Waals surface area (Å²) in [5.74, 6) is -2.03. The minimum atomic E-state index is -1.72. The molecule has 10 heteroatoms. The van der Waals surface area contributed by atoms with Gasteiger partial charge in [0.25, 0.3) is 0 Å². The van der Waals surface area contributed by atoms with E-state index in [9.17, 15) is 19.5 Å². The van der Waals surface area contributed by atoms with Crippen molar-refractivity contribution in [3.8, 4) is 0 Å². The van der Waals surface area contributed by atoms with E-state index >= 15 is 0 Å². The molecule has 0 spiro atoms. The number of ether oxygens (including phenoxy) is 3. The zero-order valence-corrected chi connectivity index (χ0v) is 18.6. The molecule has 1 amide bonds. The number of halogens is 2. The van der Waals surface area contributed by atoms with Crippen LogP contribution in [0.2, 0.25) is 10.0 Å². The van der Waals surface area contributed by atoms with Gasteiger partial charge in [-0.25, -0.2) is 14.4 Å². The lowest BCUT2D eigenvalue weighted by molar-refractivity contribution is -0.168. The fraction of sp³-hybridized carbons (Fsp3) is 0.450. The Morgan fingerprint density at radius 3 is 2.27 bits per heavy atom. The molecule has 0 heterocycles. The highest BCUT2D eigenvalue weighted by Crippen LogP contribution is 2.26. The molecule has 3 atom stereocenters. The summed E-state index contributed by atoms with van der Waals surface area (Å²) in [5.41, 5.74) is -1.11. The summed E-state index contributed by atoms with van der Waals surface area (Å²) in [4.78, 5) is 37.4. The first kappa shape index (κ1) is 25.7. The highest BCUT2D eigenvalue weighted by molar-refractivity contribution is 6.39. The Balaban J connectivity index is 3.25. The smallest absolute Gasteiger partial charge is 0.407 e. The van der Waals surface area contributed by atoms with Crippen molar-refractivity contribution in [3.63, 3.8) is 0 Å². The number of hydrogen-bond acceptors (Lipinski definition) is 7. The molecule has 0 saturated heterocycles. The molecule has 2 N–H and O–H groups in total. The predicted molar refractivity (Wildman–Crippen MR) is 112 cm³/mol. The van der Waals surface area contributed by atoms with Gasteiger partial charge in [-0.1, -0.05) is 41.9 Å². The van der Waals surface area contributed by atoms with Crippen LogP contribution in [0.5, 0.6) is 0 Å². The molecular formula is C20H25Cl2NO7. The number of carbonyl (C=O) groups is 3. The average molecular weight is 462 g/mol. The number of amides is 1. The van der Waals surface area contributed by atoms with E-state index < -0.39 is 41.9 Å². The molecule has 0 bridgehead atoms. The van der Waals surface area contributed by atoms with Crippen LogP contribution in [0.4, 0.5) is 4.79 Å². The van der Waals surface area contributed by atoms with Crippen molar-refractivity contribution in [2.24, 2.45) is 0 Å². The van der Waals surface area contributed by atoms with E-state index in [4.69, 9.17) is 37.4 Å². The summed E-state index contributed by atoms with van der Waals surface area (Å²) in [6.07, 6.45) is -2.67. The second-order valence-electron chi connectivity index (χ2n) is 7.25. The Kier molecular flexibility index (Phi) is 9.61. The zero-order chi connectivity index (χ0) is 23.1. The highest BCUT2D eigenvalue weighted by atomic mass is 35.5. The molecule has 0 aliphatic heterocycles. The lowest BCUT2D eigenvalue weighted by Gasteiger charge is -2.30. The average Bonchev–Trinajstić information content (AvgIpc) is 2.60. The number of aliphatic hydroxyl groups is 1. The topological polar surface area (TPSA) is 111 Å². The Morgan fingerprint density at radius 2 is 1.80 bits per heavy atom. The van der Waals surface area contributed by atoms with Gasteiger partial charge in [0.2, 0.25) is 6.10 Å². The van der Waals surface area contributed by atoms with Crippen LogP contribution in [-0.4, -0.2) is 53.6 Å². The van der Waals surface area contributed by atoms with Gasteiger partial charge >= 0.3 is 18.0 Å². The molecule has 0 fully saturated rings. The van der Waals surface area contributed by atoms with Crippen molar-refractivity contribution < 1.29 is 33.7 Å². The van der Waals surface area contributed by atoms with Crippen LogP contribution >= 0.6 is 23.2 Å². The summed E-state index contributed by atoms with van der Waals surface area (Å²) < 4.78 is 15.4. The molecule has 30 heavy (non-hydrogen) atoms. The number of carbonyl (C=O) groups excluding carboxylic acids is 3. The maximum absolute atomic E-state index is 12.8. The summed E-state index contributed by atoms with van der Waals surface area (Å²) in [7, 11) is 0. The molecule has 1 aromatic carbocycles. The molecular weight excluding hydrogens is 437 g/mol. The molecule has 0 saturated carbocycles. The van der Waals surface area contributed by atoms with Crippen LogP contribution in [0.1, 0.15) is 38.1 Å². The molecule has 8 nitrogen and oxygen atoms in total. The van der Waals surface area contributed by atoms with Crippen LogP contribution in [0.25, 0.3) is 0 Å². The summed E-state index contributed by atoms with van der Waals surface area (Å²) in [5, 5.41) is 12.5. The normalized spacial score (nSPS) is 14.1. The van der Waals surface area contributed by atoms with E-state index in [1.54, 1.807) is 20.8 Å². The molecule has 166 valence electrons. The Hall–Kier alpha value is -2.29. The van der Waals surface area contributed by atoms with Gasteiger partial charge in [-0.05, 0) is 39.8 Å². The molecule has 1 rings (SSSR count). The third-order valence-electron chi connectivity index (χ3n) is 3.50. The molecule has 0 aliphatic rings. The second-order valence-corrected chi connectivity index (χ2v) is 8.07. The lowest BCUT2D eigenvalue weighted by atomic mass is 10.1. The standard InChI is InChI=1S/C20H25Cl2NO7/c1-6-10-28-19(27)23-15(11(2)24)16(18(26)30-20(3,4)5)29-17(25)14-12(21)8-7-9-13(14)22/h6-9,11,15-16,24H,1,10H2,2-5H3,(H,23,27)/t11?,15-,16-/m0/s1. The fourth-order valence-corrected chi connectivity index (χ4v) is 2.81. The van der Waals surface area contributed by atoms with Gasteiger partial charge in [0.1, 0.15) is 18.2 Å². The predicted octanol–water partition coefficient (Wildman–Crippen LogP) is 3.52. The minimum absolute atomic E-state index is 0.00221. The third-order valence-corrected chi connectivity index (χ3v) is 4.13. The van der Waals surface area contributed by atoms with Crippen LogP contribution in [0.3, 0.4) is 0 Å². The van der Waals surface area contributed by atoms with Crippen LogP contribution < -0.4 is 5.32 Å². The molecule has 0 aliphatic carbocycles. The van der Waals surface area contributed by atoms with E-state index in [1.807, 2.05) is 0 Å². The number of hydrogen-bond donors (Lipinski definition) is 2. The van der Waals surface area contributed by atoms with Gasteiger partial charge in [0.15, 0.2) is 0 Å². The first-order valence-electron chi connectivity index (χ1n) is 8.97. The van der Waals surface area contributed by atoms with Crippen LogP contribution in [0.15, 0.2) is 30.9 Å².